The molecule has 0 bridgehead atoms. The molecule has 0 radical (unpaired) electrons. The predicted molar refractivity (Wildman–Crippen MR) is 74.0 cm³/mol. The number of hydrogen-bond acceptors (Lipinski definition) is 1. The van der Waals surface area contributed by atoms with E-state index in [0.717, 1.165) is 18.8 Å². The first-order valence-electron chi connectivity index (χ1n) is 7.04. The Hall–Kier alpha value is -0.820. The lowest BCUT2D eigenvalue weighted by Gasteiger charge is -2.38. The lowest BCUT2D eigenvalue weighted by atomic mass is 9.69. The summed E-state index contributed by atoms with van der Waals surface area (Å²) in [6, 6.07) is 11.2. The molecule has 1 atom stereocenters. The second kappa shape index (κ2) is 5.22. The Morgan fingerprint density at radius 1 is 1.18 bits per heavy atom. The standard InChI is InChI=1S/C16H25N/c1-3-16(4-2,14-8-6-5-7-9-14)15(17)12-13-10-11-13/h5-9,13,15H,3-4,10-12,17H2,1-2H3. The molecule has 1 aliphatic carbocycles. The lowest BCUT2D eigenvalue weighted by Crippen LogP contribution is -2.45. The van der Waals surface area contributed by atoms with E-state index >= 15 is 0 Å². The largest absolute Gasteiger partial charge is 0.327 e. The summed E-state index contributed by atoms with van der Waals surface area (Å²) in [6.45, 7) is 4.56. The zero-order valence-electron chi connectivity index (χ0n) is 11.2. The highest BCUT2D eigenvalue weighted by Gasteiger charge is 2.38. The smallest absolute Gasteiger partial charge is 0.0139 e. The van der Waals surface area contributed by atoms with Gasteiger partial charge in [0.05, 0.1) is 0 Å². The van der Waals surface area contributed by atoms with Crippen molar-refractivity contribution >= 4 is 0 Å². The Bertz CT molecular complexity index is 336. The Morgan fingerprint density at radius 3 is 2.24 bits per heavy atom. The molecule has 0 spiro atoms. The van der Waals surface area contributed by atoms with Crippen LogP contribution in [0.3, 0.4) is 0 Å². The van der Waals surface area contributed by atoms with Crippen LogP contribution in [0.1, 0.15) is 51.5 Å². The van der Waals surface area contributed by atoms with Crippen molar-refractivity contribution in [2.75, 3.05) is 0 Å². The fourth-order valence-corrected chi connectivity index (χ4v) is 3.11. The number of nitrogens with two attached hydrogens (primary N) is 1. The molecule has 1 aromatic rings. The summed E-state index contributed by atoms with van der Waals surface area (Å²) in [5, 5.41) is 0. The fourth-order valence-electron chi connectivity index (χ4n) is 3.11. The maximum atomic E-state index is 6.55. The van der Waals surface area contributed by atoms with Gasteiger partial charge in [0.2, 0.25) is 0 Å². The first kappa shape index (κ1) is 12.6. The second-order valence-electron chi connectivity index (χ2n) is 5.51. The van der Waals surface area contributed by atoms with Crippen LogP contribution in [-0.4, -0.2) is 6.04 Å². The first-order valence-corrected chi connectivity index (χ1v) is 7.04. The molecule has 0 aromatic heterocycles. The Morgan fingerprint density at radius 2 is 1.76 bits per heavy atom. The molecule has 1 fully saturated rings. The molecule has 1 aliphatic rings. The first-order chi connectivity index (χ1) is 8.23. The molecule has 1 unspecified atom stereocenters. The van der Waals surface area contributed by atoms with Gasteiger partial charge >= 0.3 is 0 Å². The molecule has 0 amide bonds. The quantitative estimate of drug-likeness (QED) is 0.790. The van der Waals surface area contributed by atoms with Crippen LogP contribution in [0.2, 0.25) is 0 Å². The third kappa shape index (κ3) is 2.55. The molecular weight excluding hydrogens is 206 g/mol. The van der Waals surface area contributed by atoms with Crippen LogP contribution in [-0.2, 0) is 5.41 Å². The van der Waals surface area contributed by atoms with E-state index in [1.807, 2.05) is 0 Å². The van der Waals surface area contributed by atoms with E-state index in [1.54, 1.807) is 0 Å². The molecule has 17 heavy (non-hydrogen) atoms. The molecular formula is C16H25N. The van der Waals surface area contributed by atoms with Gasteiger partial charge in [0.1, 0.15) is 0 Å². The lowest BCUT2D eigenvalue weighted by molar-refractivity contribution is 0.295. The van der Waals surface area contributed by atoms with Crippen molar-refractivity contribution in [2.24, 2.45) is 11.7 Å². The average molecular weight is 231 g/mol. The van der Waals surface area contributed by atoms with Crippen molar-refractivity contribution in [3.63, 3.8) is 0 Å². The van der Waals surface area contributed by atoms with Crippen LogP contribution in [0, 0.1) is 5.92 Å². The topological polar surface area (TPSA) is 26.0 Å². The van der Waals surface area contributed by atoms with Crippen molar-refractivity contribution < 1.29 is 0 Å². The van der Waals surface area contributed by atoms with Gasteiger partial charge in [-0.2, -0.15) is 0 Å². The highest BCUT2D eigenvalue weighted by molar-refractivity contribution is 5.27. The maximum absolute atomic E-state index is 6.55. The van der Waals surface area contributed by atoms with Gasteiger partial charge in [-0.15, -0.1) is 0 Å². The Labute approximate surface area is 105 Å². The molecule has 2 N–H and O–H groups in total. The van der Waals surface area contributed by atoms with Crippen molar-refractivity contribution in [1.29, 1.82) is 0 Å². The van der Waals surface area contributed by atoms with E-state index in [9.17, 15) is 0 Å². The van der Waals surface area contributed by atoms with E-state index in [-0.39, 0.29) is 5.41 Å². The van der Waals surface area contributed by atoms with E-state index in [2.05, 4.69) is 44.2 Å². The summed E-state index contributed by atoms with van der Waals surface area (Å²) in [4.78, 5) is 0. The van der Waals surface area contributed by atoms with Crippen molar-refractivity contribution in [3.05, 3.63) is 35.9 Å². The van der Waals surface area contributed by atoms with Gasteiger partial charge in [0, 0.05) is 11.5 Å². The molecule has 0 saturated heterocycles. The van der Waals surface area contributed by atoms with Gasteiger partial charge in [-0.25, -0.2) is 0 Å². The number of rotatable bonds is 6. The summed E-state index contributed by atoms with van der Waals surface area (Å²) in [7, 11) is 0. The monoisotopic (exact) mass is 231 g/mol. The highest BCUT2D eigenvalue weighted by Crippen LogP contribution is 2.41. The minimum atomic E-state index is 0.184. The Balaban J connectivity index is 2.23. The van der Waals surface area contributed by atoms with Crippen molar-refractivity contribution in [1.82, 2.24) is 0 Å². The average Bonchev–Trinajstić information content (AvgIpc) is 3.17. The highest BCUT2D eigenvalue weighted by atomic mass is 14.7. The summed E-state index contributed by atoms with van der Waals surface area (Å²) < 4.78 is 0. The molecule has 0 heterocycles. The SMILES string of the molecule is CCC(CC)(c1ccccc1)C(N)CC1CC1. The third-order valence-electron chi connectivity index (χ3n) is 4.60. The minimum absolute atomic E-state index is 0.184. The number of hydrogen-bond donors (Lipinski definition) is 1. The summed E-state index contributed by atoms with van der Waals surface area (Å²) in [6.07, 6.45) is 6.28. The summed E-state index contributed by atoms with van der Waals surface area (Å²) >= 11 is 0. The summed E-state index contributed by atoms with van der Waals surface area (Å²) in [5.41, 5.74) is 8.16. The van der Waals surface area contributed by atoms with Crippen LogP contribution in [0.4, 0.5) is 0 Å². The van der Waals surface area contributed by atoms with Crippen LogP contribution < -0.4 is 5.73 Å². The van der Waals surface area contributed by atoms with Crippen molar-refractivity contribution in [2.45, 2.75) is 57.4 Å². The molecule has 1 saturated carbocycles. The summed E-state index contributed by atoms with van der Waals surface area (Å²) in [5.74, 6) is 0.909. The molecule has 0 aliphatic heterocycles. The second-order valence-corrected chi connectivity index (χ2v) is 5.51. The third-order valence-corrected chi connectivity index (χ3v) is 4.60. The molecule has 1 nitrogen and oxygen atoms in total. The molecule has 1 aromatic carbocycles. The zero-order chi connectivity index (χ0) is 12.3. The van der Waals surface area contributed by atoms with Crippen LogP contribution in [0.15, 0.2) is 30.3 Å². The van der Waals surface area contributed by atoms with Gasteiger partial charge in [0.15, 0.2) is 0 Å². The molecule has 94 valence electrons. The minimum Gasteiger partial charge on any atom is -0.327 e. The Kier molecular flexibility index (Phi) is 3.88. The van der Waals surface area contributed by atoms with Crippen molar-refractivity contribution in [3.8, 4) is 0 Å². The van der Waals surface area contributed by atoms with E-state index in [4.69, 9.17) is 5.73 Å². The van der Waals surface area contributed by atoms with Gasteiger partial charge in [-0.3, -0.25) is 0 Å². The van der Waals surface area contributed by atoms with E-state index < -0.39 is 0 Å². The van der Waals surface area contributed by atoms with Crippen LogP contribution in [0.25, 0.3) is 0 Å². The van der Waals surface area contributed by atoms with Gasteiger partial charge in [-0.1, -0.05) is 57.0 Å². The number of benzene rings is 1. The van der Waals surface area contributed by atoms with Gasteiger partial charge in [-0.05, 0) is 30.7 Å². The molecule has 1 heteroatoms. The van der Waals surface area contributed by atoms with Crippen LogP contribution >= 0.6 is 0 Å². The normalized spacial score (nSPS) is 18.1. The maximum Gasteiger partial charge on any atom is 0.0139 e. The van der Waals surface area contributed by atoms with Gasteiger partial charge in [0.25, 0.3) is 0 Å². The predicted octanol–water partition coefficient (Wildman–Crippen LogP) is 3.87. The molecule has 2 rings (SSSR count). The van der Waals surface area contributed by atoms with E-state index in [1.165, 1.54) is 24.8 Å². The zero-order valence-corrected chi connectivity index (χ0v) is 11.2. The van der Waals surface area contributed by atoms with E-state index in [0.29, 0.717) is 6.04 Å². The van der Waals surface area contributed by atoms with Crippen LogP contribution in [0.5, 0.6) is 0 Å². The fraction of sp³-hybridized carbons (Fsp3) is 0.625. The van der Waals surface area contributed by atoms with Gasteiger partial charge < -0.3 is 5.73 Å².